The lowest BCUT2D eigenvalue weighted by atomic mass is 10.1. The Bertz CT molecular complexity index is 673. The highest BCUT2D eigenvalue weighted by Crippen LogP contribution is 2.24. The van der Waals surface area contributed by atoms with E-state index < -0.39 is 0 Å². The molecule has 1 aromatic heterocycles. The number of nitrogens with one attached hydrogen (secondary N) is 2. The Labute approximate surface area is 147 Å². The highest BCUT2D eigenvalue weighted by atomic mass is 32.1. The number of benzene rings is 1. The summed E-state index contributed by atoms with van der Waals surface area (Å²) in [6.07, 6.45) is 0.990. The van der Waals surface area contributed by atoms with Crippen LogP contribution in [0, 0.1) is 6.92 Å². The zero-order valence-electron chi connectivity index (χ0n) is 14.2. The summed E-state index contributed by atoms with van der Waals surface area (Å²) in [5.41, 5.74) is 4.12. The third kappa shape index (κ3) is 4.13. The van der Waals surface area contributed by atoms with Gasteiger partial charge >= 0.3 is 6.03 Å². The smallest absolute Gasteiger partial charge is 0.315 e. The number of urea groups is 1. The molecule has 2 atom stereocenters. The molecule has 3 rings (SSSR count). The van der Waals surface area contributed by atoms with Crippen molar-refractivity contribution in [2.24, 2.45) is 0 Å². The lowest BCUT2D eigenvalue weighted by molar-refractivity contribution is 0.231. The van der Waals surface area contributed by atoms with Crippen molar-refractivity contribution in [1.82, 2.24) is 20.5 Å². The topological polar surface area (TPSA) is 57.3 Å². The first-order valence-electron chi connectivity index (χ1n) is 8.36. The molecule has 0 saturated carbocycles. The highest BCUT2D eigenvalue weighted by Gasteiger charge is 2.27. The predicted molar refractivity (Wildman–Crippen MR) is 97.1 cm³/mol. The molecule has 5 nitrogen and oxygen atoms in total. The van der Waals surface area contributed by atoms with E-state index in [-0.39, 0.29) is 12.1 Å². The van der Waals surface area contributed by atoms with E-state index in [0.717, 1.165) is 30.1 Å². The molecule has 1 aliphatic heterocycles. The van der Waals surface area contributed by atoms with Gasteiger partial charge in [0, 0.05) is 30.1 Å². The molecule has 1 fully saturated rings. The van der Waals surface area contributed by atoms with Crippen molar-refractivity contribution in [3.63, 3.8) is 0 Å². The average molecular weight is 344 g/mol. The molecule has 1 aromatic carbocycles. The molecule has 2 heterocycles. The van der Waals surface area contributed by atoms with Crippen LogP contribution in [0.5, 0.6) is 0 Å². The summed E-state index contributed by atoms with van der Waals surface area (Å²) in [7, 11) is 0. The molecule has 6 heteroatoms. The van der Waals surface area contributed by atoms with Gasteiger partial charge in [-0.3, -0.25) is 4.90 Å². The third-order valence-corrected chi connectivity index (χ3v) is 5.57. The fourth-order valence-electron chi connectivity index (χ4n) is 3.09. The van der Waals surface area contributed by atoms with Gasteiger partial charge < -0.3 is 10.6 Å². The van der Waals surface area contributed by atoms with Crippen molar-refractivity contribution in [3.05, 3.63) is 52.0 Å². The van der Waals surface area contributed by atoms with Crippen molar-refractivity contribution in [2.75, 3.05) is 13.1 Å². The largest absolute Gasteiger partial charge is 0.334 e. The molecule has 0 aliphatic carbocycles. The molecule has 128 valence electrons. The number of aromatic nitrogens is 1. The number of hydrogen-bond acceptors (Lipinski definition) is 4. The van der Waals surface area contributed by atoms with E-state index in [1.165, 1.54) is 5.56 Å². The highest BCUT2D eigenvalue weighted by molar-refractivity contribution is 7.09. The monoisotopic (exact) mass is 344 g/mol. The van der Waals surface area contributed by atoms with E-state index in [1.54, 1.807) is 11.3 Å². The SMILES string of the molecule is Cc1ncsc1CNC(=O)N[C@@H]1CCN([C@H](C)c2ccccc2)C1. The van der Waals surface area contributed by atoms with Crippen molar-refractivity contribution < 1.29 is 4.79 Å². The molecule has 1 saturated heterocycles. The minimum Gasteiger partial charge on any atom is -0.334 e. The summed E-state index contributed by atoms with van der Waals surface area (Å²) in [5, 5.41) is 6.02. The second-order valence-electron chi connectivity index (χ2n) is 6.26. The second-order valence-corrected chi connectivity index (χ2v) is 7.19. The quantitative estimate of drug-likeness (QED) is 0.876. The number of thiazole rings is 1. The molecule has 0 radical (unpaired) electrons. The zero-order chi connectivity index (χ0) is 16.9. The standard InChI is InChI=1S/C18H24N4OS/c1-13-17(24-12-20-13)10-19-18(23)21-16-8-9-22(11-16)14(2)15-6-4-3-5-7-15/h3-7,12,14,16H,8-11H2,1-2H3,(H2,19,21,23)/t14-,16-/m1/s1. The van der Waals surface area contributed by atoms with Crippen LogP contribution in [-0.2, 0) is 6.54 Å². The first-order valence-corrected chi connectivity index (χ1v) is 9.24. The molecular formula is C18H24N4OS. The van der Waals surface area contributed by atoms with Gasteiger partial charge in [-0.1, -0.05) is 30.3 Å². The van der Waals surface area contributed by atoms with Gasteiger partial charge in [0.25, 0.3) is 0 Å². The number of likely N-dealkylation sites (tertiary alicyclic amines) is 1. The zero-order valence-corrected chi connectivity index (χ0v) is 15.0. The normalized spacial score (nSPS) is 19.2. The molecule has 1 aliphatic rings. The van der Waals surface area contributed by atoms with Crippen LogP contribution < -0.4 is 10.6 Å². The van der Waals surface area contributed by atoms with Gasteiger partial charge in [0.15, 0.2) is 0 Å². The second kappa shape index (κ2) is 7.77. The van der Waals surface area contributed by atoms with Gasteiger partial charge in [0.1, 0.15) is 0 Å². The summed E-state index contributed by atoms with van der Waals surface area (Å²) < 4.78 is 0. The summed E-state index contributed by atoms with van der Waals surface area (Å²) in [6.45, 7) is 6.63. The number of carbonyl (C=O) groups is 1. The Balaban J connectivity index is 1.45. The fourth-order valence-corrected chi connectivity index (χ4v) is 3.81. The fraction of sp³-hybridized carbons (Fsp3) is 0.444. The number of hydrogen-bond donors (Lipinski definition) is 2. The summed E-state index contributed by atoms with van der Waals surface area (Å²) >= 11 is 1.57. The lowest BCUT2D eigenvalue weighted by Crippen LogP contribution is -2.43. The molecule has 0 unspecified atom stereocenters. The number of amides is 2. The Morgan fingerprint density at radius 2 is 2.21 bits per heavy atom. The molecule has 0 bridgehead atoms. The number of nitrogens with zero attached hydrogens (tertiary/aromatic N) is 2. The summed E-state index contributed by atoms with van der Waals surface area (Å²) in [6, 6.07) is 11.0. The maximum Gasteiger partial charge on any atom is 0.315 e. The van der Waals surface area contributed by atoms with E-state index in [4.69, 9.17) is 0 Å². The van der Waals surface area contributed by atoms with Crippen LogP contribution >= 0.6 is 11.3 Å². The Kier molecular flexibility index (Phi) is 5.48. The average Bonchev–Trinajstić information content (AvgIpc) is 3.22. The minimum absolute atomic E-state index is 0.0954. The Morgan fingerprint density at radius 1 is 1.42 bits per heavy atom. The molecule has 0 spiro atoms. The van der Waals surface area contributed by atoms with Crippen LogP contribution in [0.25, 0.3) is 0 Å². The molecule has 2 N–H and O–H groups in total. The van der Waals surface area contributed by atoms with Crippen molar-refractivity contribution >= 4 is 17.4 Å². The van der Waals surface area contributed by atoms with Crippen LogP contribution in [0.15, 0.2) is 35.8 Å². The maximum atomic E-state index is 12.1. The van der Waals surface area contributed by atoms with E-state index in [2.05, 4.69) is 51.7 Å². The van der Waals surface area contributed by atoms with Gasteiger partial charge in [0.05, 0.1) is 17.7 Å². The van der Waals surface area contributed by atoms with E-state index in [0.29, 0.717) is 12.6 Å². The van der Waals surface area contributed by atoms with Crippen molar-refractivity contribution in [1.29, 1.82) is 0 Å². The van der Waals surface area contributed by atoms with Gasteiger partial charge in [0.2, 0.25) is 0 Å². The first kappa shape index (κ1) is 16.9. The number of aryl methyl sites for hydroxylation is 1. The van der Waals surface area contributed by atoms with E-state index in [1.807, 2.05) is 18.5 Å². The first-order chi connectivity index (χ1) is 11.6. The minimum atomic E-state index is -0.0954. The van der Waals surface area contributed by atoms with Gasteiger partial charge in [-0.25, -0.2) is 9.78 Å². The van der Waals surface area contributed by atoms with Crippen molar-refractivity contribution in [3.8, 4) is 0 Å². The summed E-state index contributed by atoms with van der Waals surface area (Å²) in [4.78, 5) is 19.8. The van der Waals surface area contributed by atoms with Crippen LogP contribution in [0.1, 0.15) is 35.5 Å². The molecule has 24 heavy (non-hydrogen) atoms. The van der Waals surface area contributed by atoms with E-state index in [9.17, 15) is 4.79 Å². The Hall–Kier alpha value is -1.92. The molecule has 2 aromatic rings. The number of carbonyl (C=O) groups excluding carboxylic acids is 1. The molecular weight excluding hydrogens is 320 g/mol. The predicted octanol–water partition coefficient (Wildman–Crippen LogP) is 3.09. The van der Waals surface area contributed by atoms with Crippen LogP contribution in [0.2, 0.25) is 0 Å². The van der Waals surface area contributed by atoms with Crippen LogP contribution in [-0.4, -0.2) is 35.0 Å². The Morgan fingerprint density at radius 3 is 2.92 bits per heavy atom. The third-order valence-electron chi connectivity index (χ3n) is 4.64. The van der Waals surface area contributed by atoms with Gasteiger partial charge in [-0.05, 0) is 25.8 Å². The van der Waals surface area contributed by atoms with Gasteiger partial charge in [-0.2, -0.15) is 0 Å². The van der Waals surface area contributed by atoms with Gasteiger partial charge in [-0.15, -0.1) is 11.3 Å². The summed E-state index contributed by atoms with van der Waals surface area (Å²) in [5.74, 6) is 0. The maximum absolute atomic E-state index is 12.1. The van der Waals surface area contributed by atoms with Crippen LogP contribution in [0.4, 0.5) is 4.79 Å². The van der Waals surface area contributed by atoms with E-state index >= 15 is 0 Å². The lowest BCUT2D eigenvalue weighted by Gasteiger charge is -2.24. The number of rotatable bonds is 5. The van der Waals surface area contributed by atoms with Crippen LogP contribution in [0.3, 0.4) is 0 Å². The molecule has 2 amide bonds. The van der Waals surface area contributed by atoms with Crippen molar-refractivity contribution in [2.45, 2.75) is 38.9 Å².